The third kappa shape index (κ3) is 4.77. The van der Waals surface area contributed by atoms with Gasteiger partial charge in [0.15, 0.2) is 5.78 Å². The van der Waals surface area contributed by atoms with Gasteiger partial charge in [0, 0.05) is 24.9 Å². The van der Waals surface area contributed by atoms with E-state index in [2.05, 4.69) is 5.32 Å². The minimum Gasteiger partial charge on any atom is -0.356 e. The second-order valence-corrected chi connectivity index (χ2v) is 6.07. The average molecular weight is 331 g/mol. The molecule has 0 saturated heterocycles. The maximum Gasteiger partial charge on any atom is 0.220 e. The predicted octanol–water partition coefficient (Wildman–Crippen LogP) is 4.16. The van der Waals surface area contributed by atoms with Crippen LogP contribution in [0.1, 0.15) is 28.8 Å². The second kappa shape index (κ2) is 8.25. The van der Waals surface area contributed by atoms with E-state index < -0.39 is 0 Å². The number of hydrogen-bond donors (Lipinski definition) is 1. The van der Waals surface area contributed by atoms with Crippen molar-refractivity contribution < 1.29 is 9.59 Å². The van der Waals surface area contributed by atoms with Crippen LogP contribution in [0.15, 0.2) is 72.8 Å². The fourth-order valence-electron chi connectivity index (χ4n) is 2.81. The Morgan fingerprint density at radius 1 is 0.760 bits per heavy atom. The molecule has 0 fully saturated rings. The van der Waals surface area contributed by atoms with E-state index in [0.29, 0.717) is 12.1 Å². The SMILES string of the molecule is O=C(CCC(=O)c1ccc2ccccc2c1)NCCc1ccccc1. The van der Waals surface area contributed by atoms with Crippen molar-refractivity contribution in [3.05, 3.63) is 83.9 Å². The normalized spacial score (nSPS) is 10.6. The number of nitrogens with one attached hydrogen (secondary N) is 1. The molecular weight excluding hydrogens is 310 g/mol. The Morgan fingerprint density at radius 2 is 1.48 bits per heavy atom. The summed E-state index contributed by atoms with van der Waals surface area (Å²) >= 11 is 0. The van der Waals surface area contributed by atoms with Crippen LogP contribution in [-0.2, 0) is 11.2 Å². The summed E-state index contributed by atoms with van der Waals surface area (Å²) in [7, 11) is 0. The Bertz CT molecular complexity index is 871. The highest BCUT2D eigenvalue weighted by atomic mass is 16.2. The lowest BCUT2D eigenvalue weighted by Crippen LogP contribution is -2.26. The summed E-state index contributed by atoms with van der Waals surface area (Å²) in [6.07, 6.45) is 1.25. The highest BCUT2D eigenvalue weighted by Crippen LogP contribution is 2.17. The second-order valence-electron chi connectivity index (χ2n) is 6.07. The van der Waals surface area contributed by atoms with Crippen molar-refractivity contribution in [2.75, 3.05) is 6.54 Å². The molecule has 0 aliphatic heterocycles. The van der Waals surface area contributed by atoms with Crippen molar-refractivity contribution in [3.8, 4) is 0 Å². The molecule has 0 saturated carbocycles. The fourth-order valence-corrected chi connectivity index (χ4v) is 2.81. The first-order valence-electron chi connectivity index (χ1n) is 8.55. The van der Waals surface area contributed by atoms with Gasteiger partial charge in [0.05, 0.1) is 0 Å². The number of carbonyl (C=O) groups excluding carboxylic acids is 2. The van der Waals surface area contributed by atoms with E-state index in [1.165, 1.54) is 5.56 Å². The fraction of sp³-hybridized carbons (Fsp3) is 0.182. The Morgan fingerprint density at radius 3 is 2.28 bits per heavy atom. The summed E-state index contributed by atoms with van der Waals surface area (Å²) in [5.41, 5.74) is 1.85. The lowest BCUT2D eigenvalue weighted by atomic mass is 10.0. The summed E-state index contributed by atoms with van der Waals surface area (Å²) in [5.74, 6) is -0.0750. The van der Waals surface area contributed by atoms with Crippen LogP contribution in [0, 0.1) is 0 Å². The first-order chi connectivity index (χ1) is 12.2. The minimum absolute atomic E-state index is 0.00367. The Labute approximate surface area is 147 Å². The number of amides is 1. The number of carbonyl (C=O) groups is 2. The molecule has 0 aromatic heterocycles. The van der Waals surface area contributed by atoms with Gasteiger partial charge in [-0.15, -0.1) is 0 Å². The third-order valence-corrected chi connectivity index (χ3v) is 4.23. The Balaban J connectivity index is 1.46. The van der Waals surface area contributed by atoms with Gasteiger partial charge in [-0.25, -0.2) is 0 Å². The van der Waals surface area contributed by atoms with Crippen LogP contribution in [0.5, 0.6) is 0 Å². The van der Waals surface area contributed by atoms with Gasteiger partial charge in [-0.3, -0.25) is 9.59 Å². The zero-order chi connectivity index (χ0) is 17.5. The number of fused-ring (bicyclic) bond motifs is 1. The molecule has 3 rings (SSSR count). The summed E-state index contributed by atoms with van der Waals surface area (Å²) in [6.45, 7) is 0.590. The van der Waals surface area contributed by atoms with Crippen molar-refractivity contribution in [1.29, 1.82) is 0 Å². The topological polar surface area (TPSA) is 46.2 Å². The summed E-state index contributed by atoms with van der Waals surface area (Å²) in [6, 6.07) is 23.6. The van der Waals surface area contributed by atoms with Crippen molar-refractivity contribution in [2.45, 2.75) is 19.3 Å². The molecule has 0 bridgehead atoms. The molecule has 25 heavy (non-hydrogen) atoms. The first kappa shape index (κ1) is 16.9. The van der Waals surface area contributed by atoms with Crippen LogP contribution in [0.2, 0.25) is 0 Å². The molecule has 0 radical (unpaired) electrons. The molecule has 3 heteroatoms. The number of benzene rings is 3. The lowest BCUT2D eigenvalue weighted by molar-refractivity contribution is -0.121. The smallest absolute Gasteiger partial charge is 0.220 e. The third-order valence-electron chi connectivity index (χ3n) is 4.23. The summed E-state index contributed by atoms with van der Waals surface area (Å²) in [5, 5.41) is 5.03. The average Bonchev–Trinajstić information content (AvgIpc) is 2.66. The number of hydrogen-bond acceptors (Lipinski definition) is 2. The van der Waals surface area contributed by atoms with Crippen LogP contribution in [0.4, 0.5) is 0 Å². The van der Waals surface area contributed by atoms with Crippen molar-refractivity contribution in [2.24, 2.45) is 0 Å². The van der Waals surface area contributed by atoms with E-state index in [9.17, 15) is 9.59 Å². The molecule has 0 aliphatic carbocycles. The molecule has 3 aromatic carbocycles. The van der Waals surface area contributed by atoms with E-state index >= 15 is 0 Å². The molecule has 1 amide bonds. The number of rotatable bonds is 7. The molecule has 3 aromatic rings. The molecule has 3 nitrogen and oxygen atoms in total. The minimum atomic E-state index is -0.0786. The maximum absolute atomic E-state index is 12.3. The van der Waals surface area contributed by atoms with E-state index in [0.717, 1.165) is 17.2 Å². The molecule has 0 heterocycles. The lowest BCUT2D eigenvalue weighted by Gasteiger charge is -2.06. The zero-order valence-electron chi connectivity index (χ0n) is 14.1. The molecule has 0 unspecified atom stereocenters. The molecule has 0 aliphatic rings. The van der Waals surface area contributed by atoms with Crippen molar-refractivity contribution in [1.82, 2.24) is 5.32 Å². The van der Waals surface area contributed by atoms with E-state index in [4.69, 9.17) is 0 Å². The van der Waals surface area contributed by atoms with Crippen molar-refractivity contribution in [3.63, 3.8) is 0 Å². The van der Waals surface area contributed by atoms with E-state index in [-0.39, 0.29) is 24.5 Å². The van der Waals surface area contributed by atoms with Gasteiger partial charge in [-0.05, 0) is 28.8 Å². The van der Waals surface area contributed by atoms with Crippen molar-refractivity contribution >= 4 is 22.5 Å². The summed E-state index contributed by atoms with van der Waals surface area (Å²) < 4.78 is 0. The van der Waals surface area contributed by atoms with Crippen LogP contribution in [0.3, 0.4) is 0 Å². The van der Waals surface area contributed by atoms with Gasteiger partial charge in [-0.1, -0.05) is 66.7 Å². The number of Topliss-reactive ketones (excluding diaryl/α,β-unsaturated/α-hetero) is 1. The van der Waals surface area contributed by atoms with E-state index in [1.54, 1.807) is 0 Å². The predicted molar refractivity (Wildman–Crippen MR) is 101 cm³/mol. The molecule has 0 spiro atoms. The Kier molecular flexibility index (Phi) is 5.57. The van der Waals surface area contributed by atoms with Crippen LogP contribution >= 0.6 is 0 Å². The van der Waals surface area contributed by atoms with Gasteiger partial charge < -0.3 is 5.32 Å². The molecule has 1 N–H and O–H groups in total. The largest absolute Gasteiger partial charge is 0.356 e. The first-order valence-corrected chi connectivity index (χ1v) is 8.55. The molecule has 126 valence electrons. The highest BCUT2D eigenvalue weighted by Gasteiger charge is 2.09. The highest BCUT2D eigenvalue weighted by molar-refractivity contribution is 6.01. The molecular formula is C22H21NO2. The standard InChI is InChI=1S/C22H21NO2/c24-21(20-11-10-18-8-4-5-9-19(18)16-20)12-13-22(25)23-15-14-17-6-2-1-3-7-17/h1-11,16H,12-15H2,(H,23,25). The van der Waals surface area contributed by atoms with Crippen LogP contribution < -0.4 is 5.32 Å². The van der Waals surface area contributed by atoms with Crippen LogP contribution in [-0.4, -0.2) is 18.2 Å². The summed E-state index contributed by atoms with van der Waals surface area (Å²) in [4.78, 5) is 24.2. The maximum atomic E-state index is 12.3. The monoisotopic (exact) mass is 331 g/mol. The van der Waals surface area contributed by atoms with Gasteiger partial charge in [0.25, 0.3) is 0 Å². The van der Waals surface area contributed by atoms with Crippen LogP contribution in [0.25, 0.3) is 10.8 Å². The number of ketones is 1. The molecule has 0 atom stereocenters. The zero-order valence-corrected chi connectivity index (χ0v) is 14.1. The van der Waals surface area contributed by atoms with Gasteiger partial charge in [-0.2, -0.15) is 0 Å². The van der Waals surface area contributed by atoms with Gasteiger partial charge in [0.1, 0.15) is 0 Å². The van der Waals surface area contributed by atoms with Gasteiger partial charge >= 0.3 is 0 Å². The quantitative estimate of drug-likeness (QED) is 0.661. The Hall–Kier alpha value is -2.94. The van der Waals surface area contributed by atoms with E-state index in [1.807, 2.05) is 72.8 Å². The van der Waals surface area contributed by atoms with Gasteiger partial charge in [0.2, 0.25) is 5.91 Å².